The van der Waals surface area contributed by atoms with Crippen LogP contribution in [0.3, 0.4) is 0 Å². The van der Waals surface area contributed by atoms with E-state index in [0.29, 0.717) is 66.2 Å². The van der Waals surface area contributed by atoms with Crippen LogP contribution in [-0.4, -0.2) is 94.7 Å². The number of nitrogens with zero attached hydrogens (tertiary/aromatic N) is 5. The molecular formula is C37H42F2N6O4. The van der Waals surface area contributed by atoms with Crippen LogP contribution < -0.4 is 19.7 Å². The summed E-state index contributed by atoms with van der Waals surface area (Å²) >= 11 is 0. The number of halogens is 2. The second-order valence-electron chi connectivity index (χ2n) is 15.1. The van der Waals surface area contributed by atoms with Crippen molar-refractivity contribution < 1.29 is 28.5 Å². The third-order valence-electron chi connectivity index (χ3n) is 11.9. The van der Waals surface area contributed by atoms with Crippen molar-refractivity contribution >= 4 is 27.5 Å². The van der Waals surface area contributed by atoms with Crippen molar-refractivity contribution in [3.63, 3.8) is 0 Å². The summed E-state index contributed by atoms with van der Waals surface area (Å²) in [5.74, 6) is 0.127. The molecule has 3 aliphatic heterocycles. The molecule has 0 bridgehead atoms. The molecule has 258 valence electrons. The second-order valence-corrected chi connectivity index (χ2v) is 15.1. The number of rotatable bonds is 9. The molecule has 0 radical (unpaired) electrons. The molecule has 9 rings (SSSR count). The summed E-state index contributed by atoms with van der Waals surface area (Å²) in [5, 5.41) is 25.7. The fourth-order valence-electron chi connectivity index (χ4n) is 8.70. The van der Waals surface area contributed by atoms with Gasteiger partial charge in [-0.1, -0.05) is 19.9 Å². The van der Waals surface area contributed by atoms with Gasteiger partial charge in [0, 0.05) is 55.2 Å². The highest BCUT2D eigenvalue weighted by Crippen LogP contribution is 2.59. The van der Waals surface area contributed by atoms with Crippen LogP contribution in [0.2, 0.25) is 0 Å². The van der Waals surface area contributed by atoms with Crippen LogP contribution in [0.25, 0.3) is 32.9 Å². The molecule has 10 nitrogen and oxygen atoms in total. The summed E-state index contributed by atoms with van der Waals surface area (Å²) < 4.78 is 45.0. The van der Waals surface area contributed by atoms with E-state index in [1.165, 1.54) is 12.1 Å². The van der Waals surface area contributed by atoms with Gasteiger partial charge in [0.2, 0.25) is 5.88 Å². The first kappa shape index (κ1) is 31.1. The molecule has 49 heavy (non-hydrogen) atoms. The minimum Gasteiger partial charge on any atom is -0.508 e. The topological polar surface area (TPSA) is 116 Å². The van der Waals surface area contributed by atoms with Gasteiger partial charge in [0.25, 0.3) is 0 Å². The number of aromatic hydroxyl groups is 1. The molecule has 3 N–H and O–H groups in total. The summed E-state index contributed by atoms with van der Waals surface area (Å²) in [4.78, 5) is 19.0. The van der Waals surface area contributed by atoms with Crippen LogP contribution in [0.1, 0.15) is 45.1 Å². The van der Waals surface area contributed by atoms with Gasteiger partial charge in [-0.25, -0.2) is 13.8 Å². The van der Waals surface area contributed by atoms with Gasteiger partial charge < -0.3 is 34.8 Å². The van der Waals surface area contributed by atoms with Crippen LogP contribution in [0.15, 0.2) is 24.3 Å². The number of anilines is 1. The first-order valence-corrected chi connectivity index (χ1v) is 17.7. The van der Waals surface area contributed by atoms with Gasteiger partial charge in [0.1, 0.15) is 40.6 Å². The number of ether oxygens (including phenoxy) is 2. The average Bonchev–Trinajstić information content (AvgIpc) is 4.01. The van der Waals surface area contributed by atoms with Crippen molar-refractivity contribution in [2.45, 2.75) is 58.0 Å². The van der Waals surface area contributed by atoms with Gasteiger partial charge in [-0.15, -0.1) is 0 Å². The van der Waals surface area contributed by atoms with E-state index in [0.717, 1.165) is 45.3 Å². The van der Waals surface area contributed by atoms with E-state index in [1.807, 2.05) is 6.92 Å². The number of fused-ring (bicyclic) bond motifs is 4. The van der Waals surface area contributed by atoms with E-state index in [9.17, 15) is 10.2 Å². The maximum atomic E-state index is 17.1. The molecule has 2 aromatic carbocycles. The molecule has 0 amide bonds. The Morgan fingerprint density at radius 1 is 1.10 bits per heavy atom. The molecule has 5 aliphatic rings. The molecule has 12 heteroatoms. The van der Waals surface area contributed by atoms with Crippen LogP contribution in [0.5, 0.6) is 17.6 Å². The number of aromatic nitrogens is 3. The number of piperazine rings is 1. The summed E-state index contributed by atoms with van der Waals surface area (Å²) in [6.07, 6.45) is 4.45. The molecule has 2 saturated heterocycles. The Morgan fingerprint density at radius 3 is 2.71 bits per heavy atom. The molecular weight excluding hydrogens is 630 g/mol. The highest BCUT2D eigenvalue weighted by Gasteiger charge is 2.60. The summed E-state index contributed by atoms with van der Waals surface area (Å²) in [6.45, 7) is 9.08. The second kappa shape index (κ2) is 11.3. The fraction of sp³-hybridized carbons (Fsp3) is 0.541. The Labute approximate surface area is 283 Å². The van der Waals surface area contributed by atoms with Crippen LogP contribution in [-0.2, 0) is 6.42 Å². The number of aliphatic hydroxyl groups is 1. The van der Waals surface area contributed by atoms with Crippen LogP contribution >= 0.6 is 0 Å². The number of pyridine rings is 1. The predicted octanol–water partition coefficient (Wildman–Crippen LogP) is 4.81. The van der Waals surface area contributed by atoms with Gasteiger partial charge in [-0.2, -0.15) is 9.97 Å². The summed E-state index contributed by atoms with van der Waals surface area (Å²) in [6, 6.07) is 6.17. The standard InChI is InChI=1S/C37H42F2N6O4/c1-3-22-14-45-23(12-40-22)15-48-34-29-32(30(39)31(41-34)26-10-24(47)9-20-5-6-27(38)25(4-2)28(20)26)42-35(43-33(29)45)49-19-36(7-8-36)16-44-13-21-11-37(21,17-44)18-46/h5-6,9-10,21-23,40,46-47H,3-4,7-8,11-19H2,1-2H3/t21?,22-,23?,37?/m1/s1. The molecule has 4 aromatic rings. The van der Waals surface area contributed by atoms with Crippen molar-refractivity contribution in [1.29, 1.82) is 0 Å². The molecule has 2 saturated carbocycles. The summed E-state index contributed by atoms with van der Waals surface area (Å²) in [5.41, 5.74) is 0.687. The molecule has 5 heterocycles. The van der Waals surface area contributed by atoms with Gasteiger partial charge in [-0.3, -0.25) is 0 Å². The number of hydrogen-bond donors (Lipinski definition) is 3. The lowest BCUT2D eigenvalue weighted by Crippen LogP contribution is -2.58. The van der Waals surface area contributed by atoms with Gasteiger partial charge in [0.05, 0.1) is 19.3 Å². The highest BCUT2D eigenvalue weighted by molar-refractivity contribution is 6.03. The van der Waals surface area contributed by atoms with E-state index in [1.54, 1.807) is 12.1 Å². The first-order chi connectivity index (χ1) is 23.7. The molecule has 4 atom stereocenters. The minimum absolute atomic E-state index is 0.0209. The lowest BCUT2D eigenvalue weighted by atomic mass is 9.94. The third kappa shape index (κ3) is 5.08. The minimum atomic E-state index is -0.707. The summed E-state index contributed by atoms with van der Waals surface area (Å²) in [7, 11) is 0. The number of nitrogens with one attached hydrogen (secondary N) is 1. The zero-order valence-electron chi connectivity index (χ0n) is 27.9. The average molecular weight is 673 g/mol. The van der Waals surface area contributed by atoms with Crippen molar-refractivity contribution in [3.05, 3.63) is 41.5 Å². The Balaban J connectivity index is 1.15. The van der Waals surface area contributed by atoms with E-state index >= 15 is 8.78 Å². The van der Waals surface area contributed by atoms with Crippen molar-refractivity contribution in [2.75, 3.05) is 57.4 Å². The van der Waals surface area contributed by atoms with Crippen LogP contribution in [0, 0.1) is 28.4 Å². The lowest BCUT2D eigenvalue weighted by molar-refractivity contribution is 0.143. The van der Waals surface area contributed by atoms with Crippen molar-refractivity contribution in [3.8, 4) is 28.9 Å². The number of benzene rings is 2. The van der Waals surface area contributed by atoms with Crippen LogP contribution in [0.4, 0.5) is 14.6 Å². The Morgan fingerprint density at radius 2 is 1.96 bits per heavy atom. The van der Waals surface area contributed by atoms with Gasteiger partial charge in [0.15, 0.2) is 5.82 Å². The fourth-order valence-corrected chi connectivity index (χ4v) is 8.70. The van der Waals surface area contributed by atoms with Crippen molar-refractivity contribution in [1.82, 2.24) is 25.2 Å². The van der Waals surface area contributed by atoms with Gasteiger partial charge >= 0.3 is 6.01 Å². The molecule has 4 fully saturated rings. The Kier molecular flexibility index (Phi) is 7.20. The smallest absolute Gasteiger partial charge is 0.319 e. The maximum Gasteiger partial charge on any atom is 0.319 e. The highest BCUT2D eigenvalue weighted by atomic mass is 19.1. The third-order valence-corrected chi connectivity index (χ3v) is 11.9. The van der Waals surface area contributed by atoms with Gasteiger partial charge in [-0.05, 0) is 72.6 Å². The number of phenols is 1. The number of phenolic OH excluding ortho intramolecular Hbond substituents is 1. The molecule has 3 unspecified atom stereocenters. The normalized spacial score (nSPS) is 26.7. The molecule has 2 aromatic heterocycles. The maximum absolute atomic E-state index is 17.1. The number of likely N-dealkylation sites (tertiary alicyclic amines) is 1. The van der Waals surface area contributed by atoms with E-state index in [-0.39, 0.29) is 63.9 Å². The monoisotopic (exact) mass is 672 g/mol. The number of hydrogen-bond acceptors (Lipinski definition) is 10. The predicted molar refractivity (Wildman–Crippen MR) is 181 cm³/mol. The number of piperidine rings is 1. The number of aryl methyl sites for hydroxylation is 1. The lowest BCUT2D eigenvalue weighted by Gasteiger charge is -2.39. The molecule has 2 aliphatic carbocycles. The van der Waals surface area contributed by atoms with E-state index < -0.39 is 11.6 Å². The van der Waals surface area contributed by atoms with E-state index in [4.69, 9.17) is 24.4 Å². The SMILES string of the molecule is CCc1c(F)ccc2cc(O)cc(-c3nc4c5c(nc(OCC6(CN7CC8CC8(CO)C7)CC6)nc5c3F)N3C[C@@H](CC)NCC3CO4)c12. The quantitative estimate of drug-likeness (QED) is 0.229. The van der Waals surface area contributed by atoms with E-state index in [2.05, 4.69) is 22.0 Å². The number of aliphatic hydroxyl groups excluding tert-OH is 1. The Bertz CT molecular complexity index is 1990. The first-order valence-electron chi connectivity index (χ1n) is 17.7. The zero-order chi connectivity index (χ0) is 33.7. The molecule has 0 spiro atoms. The largest absolute Gasteiger partial charge is 0.508 e. The Hall–Kier alpha value is -3.87. The van der Waals surface area contributed by atoms with Crippen molar-refractivity contribution in [2.24, 2.45) is 16.7 Å². The zero-order valence-corrected chi connectivity index (χ0v) is 27.9.